The van der Waals surface area contributed by atoms with Gasteiger partial charge < -0.3 is 15.7 Å². The quantitative estimate of drug-likeness (QED) is 0.633. The number of fused-ring (bicyclic) bond motifs is 1. The summed E-state index contributed by atoms with van der Waals surface area (Å²) in [5, 5.41) is 10.9. The molecule has 0 saturated heterocycles. The first-order chi connectivity index (χ1) is 9.02. The molecule has 4 heteroatoms. The predicted molar refractivity (Wildman–Crippen MR) is 75.6 cm³/mol. The largest absolute Gasteiger partial charge is 0.398 e. The lowest BCUT2D eigenvalue weighted by Crippen LogP contribution is -2.40. The van der Waals surface area contributed by atoms with E-state index in [2.05, 4.69) is 6.92 Å². The first-order valence-electron chi connectivity index (χ1n) is 6.92. The molecule has 104 valence electrons. The Morgan fingerprint density at radius 1 is 1.32 bits per heavy atom. The Morgan fingerprint density at radius 3 is 2.74 bits per heavy atom. The molecule has 2 rings (SSSR count). The average molecular weight is 262 g/mol. The summed E-state index contributed by atoms with van der Waals surface area (Å²) in [5.74, 6) is -0.189. The number of carbonyl (C=O) groups excluding carboxylic acids is 1. The third-order valence-corrected chi connectivity index (χ3v) is 3.98. The molecule has 1 aromatic carbocycles. The van der Waals surface area contributed by atoms with Gasteiger partial charge in [0.2, 0.25) is 0 Å². The molecule has 1 heterocycles. The predicted octanol–water partition coefficient (Wildman–Crippen LogP) is 2.47. The highest BCUT2D eigenvalue weighted by Crippen LogP contribution is 2.41. The summed E-state index contributed by atoms with van der Waals surface area (Å²) in [4.78, 5) is 13.6. The van der Waals surface area contributed by atoms with Crippen LogP contribution in [0, 0.1) is 0 Å². The van der Waals surface area contributed by atoms with E-state index >= 15 is 0 Å². The number of hydrogen-bond donors (Lipinski definition) is 2. The number of rotatable bonds is 5. The van der Waals surface area contributed by atoms with E-state index in [-0.39, 0.29) is 5.91 Å². The van der Waals surface area contributed by atoms with Crippen molar-refractivity contribution in [1.82, 2.24) is 4.90 Å². The molecule has 1 atom stereocenters. The number of nitrogen functional groups attached to an aromatic ring is 1. The fourth-order valence-electron chi connectivity index (χ4n) is 2.76. The van der Waals surface area contributed by atoms with Crippen LogP contribution >= 0.6 is 0 Å². The molecule has 1 amide bonds. The molecule has 0 spiro atoms. The van der Waals surface area contributed by atoms with Gasteiger partial charge in [0.1, 0.15) is 0 Å². The zero-order valence-electron chi connectivity index (χ0n) is 11.6. The number of unbranched alkanes of at least 4 members (excludes halogenated alkanes) is 3. The normalized spacial score (nSPS) is 21.8. The molecule has 0 saturated carbocycles. The SMILES string of the molecule is CCCCCCC1(O)c2cccc(N)c2C(=O)N1C. The van der Waals surface area contributed by atoms with Gasteiger partial charge in [0.25, 0.3) is 5.91 Å². The number of hydrogen-bond acceptors (Lipinski definition) is 3. The number of anilines is 1. The molecule has 0 aromatic heterocycles. The minimum Gasteiger partial charge on any atom is -0.398 e. The Hall–Kier alpha value is -1.55. The average Bonchev–Trinajstić information content (AvgIpc) is 2.59. The van der Waals surface area contributed by atoms with Crippen LogP contribution in [0.1, 0.15) is 54.9 Å². The monoisotopic (exact) mass is 262 g/mol. The number of nitrogens with two attached hydrogens (primary N) is 1. The topological polar surface area (TPSA) is 66.6 Å². The van der Waals surface area contributed by atoms with Crippen LogP contribution in [0.3, 0.4) is 0 Å². The molecular weight excluding hydrogens is 240 g/mol. The first kappa shape index (κ1) is 13.9. The van der Waals surface area contributed by atoms with E-state index in [0.29, 0.717) is 23.2 Å². The van der Waals surface area contributed by atoms with E-state index in [9.17, 15) is 9.90 Å². The van der Waals surface area contributed by atoms with Gasteiger partial charge in [-0.25, -0.2) is 0 Å². The zero-order valence-corrected chi connectivity index (χ0v) is 11.6. The Bertz CT molecular complexity index is 487. The molecule has 0 bridgehead atoms. The number of benzene rings is 1. The molecule has 1 aliphatic rings. The van der Waals surface area contributed by atoms with Crippen LogP contribution in [0.4, 0.5) is 5.69 Å². The summed E-state index contributed by atoms with van der Waals surface area (Å²) in [6, 6.07) is 5.29. The number of nitrogens with zero attached hydrogens (tertiary/aromatic N) is 1. The van der Waals surface area contributed by atoms with Gasteiger partial charge in [-0.1, -0.05) is 38.3 Å². The maximum atomic E-state index is 12.2. The lowest BCUT2D eigenvalue weighted by atomic mass is 9.95. The van der Waals surface area contributed by atoms with Crippen molar-refractivity contribution in [2.24, 2.45) is 0 Å². The van der Waals surface area contributed by atoms with Crippen molar-refractivity contribution in [3.8, 4) is 0 Å². The van der Waals surface area contributed by atoms with Crippen LogP contribution in [0.25, 0.3) is 0 Å². The highest BCUT2D eigenvalue weighted by Gasteiger charge is 2.46. The van der Waals surface area contributed by atoms with Gasteiger partial charge in [0.15, 0.2) is 5.72 Å². The van der Waals surface area contributed by atoms with Gasteiger partial charge in [0.05, 0.1) is 5.56 Å². The van der Waals surface area contributed by atoms with Crippen LogP contribution in [-0.2, 0) is 5.72 Å². The van der Waals surface area contributed by atoms with Crippen molar-refractivity contribution >= 4 is 11.6 Å². The highest BCUT2D eigenvalue weighted by molar-refractivity contribution is 6.04. The Balaban J connectivity index is 2.27. The highest BCUT2D eigenvalue weighted by atomic mass is 16.3. The van der Waals surface area contributed by atoms with E-state index in [0.717, 1.165) is 25.7 Å². The third kappa shape index (κ3) is 2.21. The molecule has 3 N–H and O–H groups in total. The van der Waals surface area contributed by atoms with Crippen LogP contribution in [0.15, 0.2) is 18.2 Å². The van der Waals surface area contributed by atoms with Crippen molar-refractivity contribution < 1.29 is 9.90 Å². The van der Waals surface area contributed by atoms with Gasteiger partial charge in [-0.3, -0.25) is 4.79 Å². The van der Waals surface area contributed by atoms with Crippen molar-refractivity contribution in [1.29, 1.82) is 0 Å². The van der Waals surface area contributed by atoms with Crippen LogP contribution in [0.5, 0.6) is 0 Å². The summed E-state index contributed by atoms with van der Waals surface area (Å²) in [7, 11) is 1.64. The minimum absolute atomic E-state index is 0.189. The van der Waals surface area contributed by atoms with Gasteiger partial charge >= 0.3 is 0 Å². The van der Waals surface area contributed by atoms with Gasteiger partial charge in [-0.05, 0) is 18.9 Å². The summed E-state index contributed by atoms with van der Waals surface area (Å²) in [6.45, 7) is 2.15. The fourth-order valence-corrected chi connectivity index (χ4v) is 2.76. The number of aliphatic hydroxyl groups is 1. The molecule has 19 heavy (non-hydrogen) atoms. The Morgan fingerprint density at radius 2 is 2.05 bits per heavy atom. The molecule has 4 nitrogen and oxygen atoms in total. The molecule has 1 aromatic rings. The molecule has 0 aliphatic carbocycles. The Kier molecular flexibility index (Phi) is 3.80. The summed E-state index contributed by atoms with van der Waals surface area (Å²) < 4.78 is 0. The van der Waals surface area contributed by atoms with E-state index < -0.39 is 5.72 Å². The lowest BCUT2D eigenvalue weighted by molar-refractivity contribution is -0.0800. The number of amides is 1. The van der Waals surface area contributed by atoms with Crippen molar-refractivity contribution in [3.05, 3.63) is 29.3 Å². The second kappa shape index (κ2) is 5.21. The minimum atomic E-state index is -1.20. The van der Waals surface area contributed by atoms with Crippen molar-refractivity contribution in [2.45, 2.75) is 44.8 Å². The van der Waals surface area contributed by atoms with Crippen LogP contribution in [0.2, 0.25) is 0 Å². The van der Waals surface area contributed by atoms with Crippen LogP contribution < -0.4 is 5.73 Å². The second-order valence-electron chi connectivity index (χ2n) is 5.26. The maximum Gasteiger partial charge on any atom is 0.258 e. The first-order valence-corrected chi connectivity index (χ1v) is 6.92. The fraction of sp³-hybridized carbons (Fsp3) is 0.533. The summed E-state index contributed by atoms with van der Waals surface area (Å²) >= 11 is 0. The lowest BCUT2D eigenvalue weighted by Gasteiger charge is -2.31. The molecule has 1 unspecified atom stereocenters. The smallest absolute Gasteiger partial charge is 0.258 e. The van der Waals surface area contributed by atoms with E-state index in [4.69, 9.17) is 5.73 Å². The third-order valence-electron chi connectivity index (χ3n) is 3.98. The number of carbonyl (C=O) groups is 1. The standard InChI is InChI=1S/C15H22N2O2/c1-3-4-5-6-10-15(19)11-8-7-9-12(16)13(11)14(18)17(15)2/h7-9,19H,3-6,10,16H2,1-2H3. The van der Waals surface area contributed by atoms with E-state index in [1.54, 1.807) is 25.2 Å². The van der Waals surface area contributed by atoms with Crippen LogP contribution in [-0.4, -0.2) is 23.0 Å². The van der Waals surface area contributed by atoms with Crippen molar-refractivity contribution in [2.75, 3.05) is 12.8 Å². The van der Waals surface area contributed by atoms with Crippen molar-refractivity contribution in [3.63, 3.8) is 0 Å². The second-order valence-corrected chi connectivity index (χ2v) is 5.26. The van der Waals surface area contributed by atoms with E-state index in [1.807, 2.05) is 0 Å². The molecule has 0 radical (unpaired) electrons. The molecule has 0 fully saturated rings. The summed E-state index contributed by atoms with van der Waals surface area (Å²) in [6.07, 6.45) is 4.83. The maximum absolute atomic E-state index is 12.2. The van der Waals surface area contributed by atoms with E-state index in [1.165, 1.54) is 4.90 Å². The molecule has 1 aliphatic heterocycles. The van der Waals surface area contributed by atoms with Gasteiger partial charge in [-0.15, -0.1) is 0 Å². The molecular formula is C15H22N2O2. The van der Waals surface area contributed by atoms with Gasteiger partial charge in [-0.2, -0.15) is 0 Å². The Labute approximate surface area is 114 Å². The summed E-state index contributed by atoms with van der Waals surface area (Å²) in [5.41, 5.74) is 6.22. The zero-order chi connectivity index (χ0) is 14.0. The van der Waals surface area contributed by atoms with Gasteiger partial charge in [0, 0.05) is 18.3 Å².